The van der Waals surface area contributed by atoms with Crippen molar-refractivity contribution < 1.29 is 14.3 Å². The van der Waals surface area contributed by atoms with Gasteiger partial charge in [-0.15, -0.1) is 0 Å². The highest BCUT2D eigenvalue weighted by Gasteiger charge is 2.04. The molecular formula is C18H18FN3O2. The molecule has 0 heterocycles. The van der Waals surface area contributed by atoms with Crippen LogP contribution in [0.5, 0.6) is 0 Å². The number of rotatable bonds is 5. The molecule has 2 rings (SSSR count). The van der Waals surface area contributed by atoms with Gasteiger partial charge in [-0.1, -0.05) is 25.1 Å². The SMILES string of the molecule is CC/C(=C\N=C(N)Nc1cccc(C(=O)O)c1)c1cccc(F)c1. The Morgan fingerprint density at radius 3 is 2.62 bits per heavy atom. The first-order valence-electron chi connectivity index (χ1n) is 7.38. The van der Waals surface area contributed by atoms with Crippen molar-refractivity contribution in [2.75, 3.05) is 5.32 Å². The Kier molecular flexibility index (Phi) is 5.68. The number of carbonyl (C=O) groups is 1. The number of anilines is 1. The third kappa shape index (κ3) is 4.67. The monoisotopic (exact) mass is 327 g/mol. The van der Waals surface area contributed by atoms with E-state index in [1.165, 1.54) is 24.3 Å². The molecule has 0 amide bonds. The summed E-state index contributed by atoms with van der Waals surface area (Å²) in [5.74, 6) is -1.22. The summed E-state index contributed by atoms with van der Waals surface area (Å²) in [7, 11) is 0. The average molecular weight is 327 g/mol. The highest BCUT2D eigenvalue weighted by molar-refractivity contribution is 5.95. The fraction of sp³-hybridized carbons (Fsp3) is 0.111. The Morgan fingerprint density at radius 1 is 1.25 bits per heavy atom. The molecule has 24 heavy (non-hydrogen) atoms. The summed E-state index contributed by atoms with van der Waals surface area (Å²) < 4.78 is 13.3. The van der Waals surface area contributed by atoms with Crippen molar-refractivity contribution in [3.8, 4) is 0 Å². The number of hydrogen-bond donors (Lipinski definition) is 3. The molecule has 124 valence electrons. The zero-order chi connectivity index (χ0) is 17.5. The van der Waals surface area contributed by atoms with Crippen LogP contribution in [-0.2, 0) is 0 Å². The molecule has 5 nitrogen and oxygen atoms in total. The van der Waals surface area contributed by atoms with Crippen LogP contribution in [-0.4, -0.2) is 17.0 Å². The number of benzene rings is 2. The first-order valence-corrected chi connectivity index (χ1v) is 7.38. The van der Waals surface area contributed by atoms with Crippen molar-refractivity contribution in [2.45, 2.75) is 13.3 Å². The first-order chi connectivity index (χ1) is 11.5. The van der Waals surface area contributed by atoms with Gasteiger partial charge in [-0.05, 0) is 47.9 Å². The van der Waals surface area contributed by atoms with Crippen molar-refractivity contribution >= 4 is 23.2 Å². The van der Waals surface area contributed by atoms with Crippen LogP contribution in [0, 0.1) is 5.82 Å². The summed E-state index contributed by atoms with van der Waals surface area (Å²) in [5.41, 5.74) is 8.06. The van der Waals surface area contributed by atoms with Crippen molar-refractivity contribution in [2.24, 2.45) is 10.7 Å². The van der Waals surface area contributed by atoms with Crippen molar-refractivity contribution in [3.63, 3.8) is 0 Å². The molecule has 4 N–H and O–H groups in total. The quantitative estimate of drug-likeness (QED) is 0.577. The van der Waals surface area contributed by atoms with E-state index in [1.54, 1.807) is 30.5 Å². The van der Waals surface area contributed by atoms with Crippen LogP contribution in [0.25, 0.3) is 5.57 Å². The van der Waals surface area contributed by atoms with Crippen LogP contribution < -0.4 is 11.1 Å². The van der Waals surface area contributed by atoms with Crippen LogP contribution in [0.3, 0.4) is 0 Å². The molecule has 0 saturated carbocycles. The van der Waals surface area contributed by atoms with Crippen molar-refractivity contribution in [1.82, 2.24) is 0 Å². The molecule has 0 aliphatic carbocycles. The number of nitrogens with one attached hydrogen (secondary N) is 1. The van der Waals surface area contributed by atoms with Gasteiger partial charge in [-0.25, -0.2) is 14.2 Å². The van der Waals surface area contributed by atoms with Gasteiger partial charge in [0.05, 0.1) is 5.56 Å². The zero-order valence-electron chi connectivity index (χ0n) is 13.2. The van der Waals surface area contributed by atoms with E-state index in [2.05, 4.69) is 10.3 Å². The van der Waals surface area contributed by atoms with E-state index in [0.717, 1.165) is 11.1 Å². The molecule has 0 radical (unpaired) electrons. The average Bonchev–Trinajstić information content (AvgIpc) is 2.55. The van der Waals surface area contributed by atoms with Gasteiger partial charge in [0.2, 0.25) is 0 Å². The summed E-state index contributed by atoms with van der Waals surface area (Å²) in [6.07, 6.45) is 2.23. The Bertz CT molecular complexity index is 800. The predicted molar refractivity (Wildman–Crippen MR) is 93.3 cm³/mol. The van der Waals surface area contributed by atoms with E-state index < -0.39 is 5.97 Å². The first kappa shape index (κ1) is 17.2. The van der Waals surface area contributed by atoms with Gasteiger partial charge in [0.25, 0.3) is 0 Å². The van der Waals surface area contributed by atoms with Gasteiger partial charge in [-0.3, -0.25) is 0 Å². The summed E-state index contributed by atoms with van der Waals surface area (Å²) >= 11 is 0. The largest absolute Gasteiger partial charge is 0.478 e. The van der Waals surface area contributed by atoms with E-state index in [-0.39, 0.29) is 17.3 Å². The number of halogens is 1. The minimum Gasteiger partial charge on any atom is -0.478 e. The van der Waals surface area contributed by atoms with E-state index in [4.69, 9.17) is 10.8 Å². The molecule has 0 fully saturated rings. The lowest BCUT2D eigenvalue weighted by molar-refractivity contribution is 0.0697. The number of carboxylic acid groups (broad SMARTS) is 1. The number of nitrogens with zero attached hydrogens (tertiary/aromatic N) is 1. The van der Waals surface area contributed by atoms with Crippen molar-refractivity contribution in [3.05, 3.63) is 71.7 Å². The molecule has 0 aliphatic rings. The molecule has 0 bridgehead atoms. The van der Waals surface area contributed by atoms with Gasteiger partial charge in [0, 0.05) is 11.9 Å². The molecule has 0 saturated heterocycles. The van der Waals surface area contributed by atoms with Crippen LogP contribution >= 0.6 is 0 Å². The van der Waals surface area contributed by atoms with Crippen LogP contribution in [0.15, 0.2) is 59.7 Å². The second kappa shape index (κ2) is 7.92. The third-order valence-electron chi connectivity index (χ3n) is 3.32. The Labute approximate surface area is 139 Å². The van der Waals surface area contributed by atoms with Gasteiger partial charge < -0.3 is 16.2 Å². The summed E-state index contributed by atoms with van der Waals surface area (Å²) in [4.78, 5) is 15.1. The molecular weight excluding hydrogens is 309 g/mol. The fourth-order valence-electron chi connectivity index (χ4n) is 2.12. The molecule has 0 aromatic heterocycles. The number of allylic oxidation sites excluding steroid dienone is 1. The van der Waals surface area contributed by atoms with E-state index in [1.807, 2.05) is 6.92 Å². The van der Waals surface area contributed by atoms with E-state index in [9.17, 15) is 9.18 Å². The highest BCUT2D eigenvalue weighted by Crippen LogP contribution is 2.19. The number of aliphatic imine (C=N–C) groups is 1. The minimum atomic E-state index is -1.02. The smallest absolute Gasteiger partial charge is 0.335 e. The standard InChI is InChI=1S/C18H18FN3O2/c1-2-12(13-5-3-7-15(19)9-13)11-21-18(20)22-16-8-4-6-14(10-16)17(23)24/h3-11H,2H2,1H3,(H,23,24)(H3,20,21,22)/b12-11+. The predicted octanol–water partition coefficient (Wildman–Crippen LogP) is 3.70. The topological polar surface area (TPSA) is 87.7 Å². The Morgan fingerprint density at radius 2 is 1.96 bits per heavy atom. The maximum Gasteiger partial charge on any atom is 0.335 e. The van der Waals surface area contributed by atoms with Gasteiger partial charge in [-0.2, -0.15) is 0 Å². The van der Waals surface area contributed by atoms with Crippen LogP contribution in [0.1, 0.15) is 29.3 Å². The number of guanidine groups is 1. The van der Waals surface area contributed by atoms with Crippen molar-refractivity contribution in [1.29, 1.82) is 0 Å². The second-order valence-electron chi connectivity index (χ2n) is 5.04. The lowest BCUT2D eigenvalue weighted by Gasteiger charge is -2.07. The van der Waals surface area contributed by atoms with Crippen LogP contribution in [0.4, 0.5) is 10.1 Å². The normalized spacial score (nSPS) is 12.1. The Hall–Kier alpha value is -3.15. The number of nitrogens with two attached hydrogens (primary N) is 1. The second-order valence-corrected chi connectivity index (χ2v) is 5.04. The third-order valence-corrected chi connectivity index (χ3v) is 3.32. The molecule has 0 spiro atoms. The fourth-order valence-corrected chi connectivity index (χ4v) is 2.12. The number of carboxylic acids is 1. The van der Waals surface area contributed by atoms with E-state index in [0.29, 0.717) is 12.1 Å². The summed E-state index contributed by atoms with van der Waals surface area (Å²) in [6, 6.07) is 12.5. The summed E-state index contributed by atoms with van der Waals surface area (Å²) in [6.45, 7) is 1.94. The summed E-state index contributed by atoms with van der Waals surface area (Å²) in [5, 5.41) is 11.8. The lowest BCUT2D eigenvalue weighted by Crippen LogP contribution is -2.22. The molecule has 2 aromatic carbocycles. The van der Waals surface area contributed by atoms with Gasteiger partial charge >= 0.3 is 5.97 Å². The zero-order valence-corrected chi connectivity index (χ0v) is 13.2. The highest BCUT2D eigenvalue weighted by atomic mass is 19.1. The maximum absolute atomic E-state index is 13.3. The molecule has 0 aliphatic heterocycles. The lowest BCUT2D eigenvalue weighted by atomic mass is 10.0. The van der Waals surface area contributed by atoms with Gasteiger partial charge in [0.1, 0.15) is 5.82 Å². The van der Waals surface area contributed by atoms with E-state index >= 15 is 0 Å². The maximum atomic E-state index is 13.3. The number of hydrogen-bond acceptors (Lipinski definition) is 2. The molecule has 6 heteroatoms. The van der Waals surface area contributed by atoms with Crippen LogP contribution in [0.2, 0.25) is 0 Å². The molecule has 2 aromatic rings. The van der Waals surface area contributed by atoms with Gasteiger partial charge in [0.15, 0.2) is 5.96 Å². The number of aromatic carboxylic acids is 1. The molecule has 0 unspecified atom stereocenters. The minimum absolute atomic E-state index is 0.111. The Balaban J connectivity index is 2.17. The molecule has 0 atom stereocenters.